The number of nitrogens with one attached hydrogen (secondary N) is 1. The number of halogens is 1. The summed E-state index contributed by atoms with van der Waals surface area (Å²) < 4.78 is 0. The second-order valence-electron chi connectivity index (χ2n) is 5.51. The number of anilines is 1. The SMILES string of the molecule is C[C@H](c1ccccc1)N1CCN(c2cn[nH]c(=O)c2Cl)CC1. The molecule has 1 saturated heterocycles. The Balaban J connectivity index is 1.68. The molecule has 1 atom stereocenters. The molecule has 0 amide bonds. The van der Waals surface area contributed by atoms with Gasteiger partial charge in [-0.25, -0.2) is 5.10 Å². The first-order chi connectivity index (χ1) is 10.7. The summed E-state index contributed by atoms with van der Waals surface area (Å²) in [6, 6.07) is 10.9. The topological polar surface area (TPSA) is 52.2 Å². The van der Waals surface area contributed by atoms with Gasteiger partial charge in [0.05, 0.1) is 11.9 Å². The van der Waals surface area contributed by atoms with E-state index in [4.69, 9.17) is 11.6 Å². The largest absolute Gasteiger partial charge is 0.366 e. The zero-order valence-electron chi connectivity index (χ0n) is 12.5. The average molecular weight is 319 g/mol. The van der Waals surface area contributed by atoms with Crippen molar-refractivity contribution in [3.8, 4) is 0 Å². The van der Waals surface area contributed by atoms with E-state index in [0.29, 0.717) is 6.04 Å². The van der Waals surface area contributed by atoms with Crippen molar-refractivity contribution in [2.24, 2.45) is 0 Å². The van der Waals surface area contributed by atoms with Gasteiger partial charge in [0.1, 0.15) is 5.02 Å². The molecule has 1 N–H and O–H groups in total. The summed E-state index contributed by atoms with van der Waals surface area (Å²) in [6.45, 7) is 5.76. The summed E-state index contributed by atoms with van der Waals surface area (Å²) in [5, 5.41) is 6.42. The van der Waals surface area contributed by atoms with Crippen LogP contribution in [-0.2, 0) is 0 Å². The van der Waals surface area contributed by atoms with Crippen LogP contribution in [0.2, 0.25) is 5.02 Å². The maximum atomic E-state index is 11.6. The van der Waals surface area contributed by atoms with E-state index in [0.717, 1.165) is 31.9 Å². The number of hydrogen-bond acceptors (Lipinski definition) is 4. The number of nitrogens with zero attached hydrogens (tertiary/aromatic N) is 3. The van der Waals surface area contributed by atoms with Gasteiger partial charge < -0.3 is 4.90 Å². The van der Waals surface area contributed by atoms with E-state index in [2.05, 4.69) is 51.2 Å². The van der Waals surface area contributed by atoms with Gasteiger partial charge in [-0.3, -0.25) is 9.69 Å². The lowest BCUT2D eigenvalue weighted by Crippen LogP contribution is -2.47. The highest BCUT2D eigenvalue weighted by molar-refractivity contribution is 6.32. The average Bonchev–Trinajstić information content (AvgIpc) is 2.58. The first-order valence-corrected chi connectivity index (χ1v) is 7.81. The van der Waals surface area contributed by atoms with Crippen LogP contribution in [0.3, 0.4) is 0 Å². The van der Waals surface area contributed by atoms with Crippen molar-refractivity contribution in [3.05, 3.63) is 57.5 Å². The van der Waals surface area contributed by atoms with Crippen LogP contribution < -0.4 is 10.5 Å². The van der Waals surface area contributed by atoms with Crippen LogP contribution in [-0.4, -0.2) is 41.3 Å². The predicted molar refractivity (Wildman–Crippen MR) is 88.5 cm³/mol. The van der Waals surface area contributed by atoms with Crippen LogP contribution >= 0.6 is 11.6 Å². The zero-order valence-corrected chi connectivity index (χ0v) is 13.3. The first kappa shape index (κ1) is 15.1. The van der Waals surface area contributed by atoms with Crippen molar-refractivity contribution >= 4 is 17.3 Å². The fraction of sp³-hybridized carbons (Fsp3) is 0.375. The fourth-order valence-corrected chi connectivity index (χ4v) is 3.10. The van der Waals surface area contributed by atoms with Crippen LogP contribution in [0.5, 0.6) is 0 Å². The van der Waals surface area contributed by atoms with E-state index in [9.17, 15) is 4.79 Å². The molecule has 116 valence electrons. The minimum absolute atomic E-state index is 0.222. The minimum Gasteiger partial charge on any atom is -0.366 e. The number of aromatic nitrogens is 2. The van der Waals surface area contributed by atoms with Gasteiger partial charge in [0.25, 0.3) is 5.56 Å². The fourth-order valence-electron chi connectivity index (χ4n) is 2.89. The Morgan fingerprint density at radius 3 is 2.55 bits per heavy atom. The predicted octanol–water partition coefficient (Wildman–Crippen LogP) is 2.31. The van der Waals surface area contributed by atoms with Gasteiger partial charge in [-0.1, -0.05) is 41.9 Å². The van der Waals surface area contributed by atoms with Crippen molar-refractivity contribution in [2.45, 2.75) is 13.0 Å². The van der Waals surface area contributed by atoms with Gasteiger partial charge in [0.15, 0.2) is 0 Å². The Bertz CT molecular complexity index is 680. The van der Waals surface area contributed by atoms with Gasteiger partial charge in [0, 0.05) is 32.2 Å². The molecular formula is C16H19ClN4O. The molecule has 2 heterocycles. The number of H-pyrrole nitrogens is 1. The summed E-state index contributed by atoms with van der Waals surface area (Å²) in [4.78, 5) is 16.1. The number of rotatable bonds is 3. The van der Waals surface area contributed by atoms with Crippen molar-refractivity contribution < 1.29 is 0 Å². The molecule has 0 radical (unpaired) electrons. The molecule has 2 aromatic rings. The second-order valence-corrected chi connectivity index (χ2v) is 5.89. The quantitative estimate of drug-likeness (QED) is 0.943. The number of aromatic amines is 1. The van der Waals surface area contributed by atoms with Gasteiger partial charge in [-0.05, 0) is 12.5 Å². The van der Waals surface area contributed by atoms with E-state index in [1.165, 1.54) is 5.56 Å². The maximum Gasteiger partial charge on any atom is 0.285 e. The standard InChI is InChI=1S/C16H19ClN4O/c1-12(13-5-3-2-4-6-13)20-7-9-21(10-8-20)14-11-18-19-16(22)15(14)17/h2-6,11-12H,7-10H2,1H3,(H,19,22)/t12-/m1/s1. The monoisotopic (exact) mass is 318 g/mol. The highest BCUT2D eigenvalue weighted by Gasteiger charge is 2.23. The molecule has 0 saturated carbocycles. The molecule has 22 heavy (non-hydrogen) atoms. The van der Waals surface area contributed by atoms with Crippen molar-refractivity contribution in [3.63, 3.8) is 0 Å². The molecule has 0 spiro atoms. The van der Waals surface area contributed by atoms with Crippen LogP contribution in [0.4, 0.5) is 5.69 Å². The third-order valence-electron chi connectivity index (χ3n) is 4.26. The lowest BCUT2D eigenvalue weighted by atomic mass is 10.1. The lowest BCUT2D eigenvalue weighted by molar-refractivity contribution is 0.198. The van der Waals surface area contributed by atoms with Crippen LogP contribution in [0.15, 0.2) is 41.3 Å². The molecule has 1 aromatic heterocycles. The molecule has 6 heteroatoms. The van der Waals surface area contributed by atoms with Crippen LogP contribution in [0.25, 0.3) is 0 Å². The summed E-state index contributed by atoms with van der Waals surface area (Å²) in [5.41, 5.74) is 1.71. The van der Waals surface area contributed by atoms with Crippen LogP contribution in [0, 0.1) is 0 Å². The Hall–Kier alpha value is -1.85. The van der Waals surface area contributed by atoms with Crippen molar-refractivity contribution in [1.82, 2.24) is 15.1 Å². The van der Waals surface area contributed by atoms with Gasteiger partial charge in [-0.2, -0.15) is 5.10 Å². The molecule has 1 aliphatic rings. The Labute approximate surface area is 134 Å². The van der Waals surface area contributed by atoms with Gasteiger partial charge >= 0.3 is 0 Å². The van der Waals surface area contributed by atoms with E-state index in [1.807, 2.05) is 6.07 Å². The van der Waals surface area contributed by atoms with Crippen molar-refractivity contribution in [1.29, 1.82) is 0 Å². The number of benzene rings is 1. The highest BCUT2D eigenvalue weighted by Crippen LogP contribution is 2.25. The normalized spacial score (nSPS) is 17.5. The summed E-state index contributed by atoms with van der Waals surface area (Å²) in [6.07, 6.45) is 1.63. The third-order valence-corrected chi connectivity index (χ3v) is 4.63. The van der Waals surface area contributed by atoms with Gasteiger partial charge in [0.2, 0.25) is 0 Å². The van der Waals surface area contributed by atoms with Crippen LogP contribution in [0.1, 0.15) is 18.5 Å². The van der Waals surface area contributed by atoms with E-state index >= 15 is 0 Å². The smallest absolute Gasteiger partial charge is 0.285 e. The Morgan fingerprint density at radius 2 is 1.86 bits per heavy atom. The van der Waals surface area contributed by atoms with E-state index in [1.54, 1.807) is 6.20 Å². The summed E-state index contributed by atoms with van der Waals surface area (Å²) in [5.74, 6) is 0. The maximum absolute atomic E-state index is 11.6. The highest BCUT2D eigenvalue weighted by atomic mass is 35.5. The molecule has 0 bridgehead atoms. The minimum atomic E-state index is -0.334. The molecule has 1 aromatic carbocycles. The molecule has 3 rings (SSSR count). The molecule has 0 unspecified atom stereocenters. The Morgan fingerprint density at radius 1 is 1.18 bits per heavy atom. The Kier molecular flexibility index (Phi) is 4.45. The molecule has 0 aliphatic carbocycles. The first-order valence-electron chi connectivity index (χ1n) is 7.44. The molecule has 1 aliphatic heterocycles. The summed E-state index contributed by atoms with van der Waals surface area (Å²) >= 11 is 6.08. The van der Waals surface area contributed by atoms with Gasteiger partial charge in [-0.15, -0.1) is 0 Å². The molecular weight excluding hydrogens is 300 g/mol. The van der Waals surface area contributed by atoms with E-state index < -0.39 is 0 Å². The molecule has 1 fully saturated rings. The lowest BCUT2D eigenvalue weighted by Gasteiger charge is -2.39. The third kappa shape index (κ3) is 3.00. The number of hydrogen-bond donors (Lipinski definition) is 1. The zero-order chi connectivity index (χ0) is 15.5. The van der Waals surface area contributed by atoms with E-state index in [-0.39, 0.29) is 10.6 Å². The molecule has 5 nitrogen and oxygen atoms in total. The van der Waals surface area contributed by atoms with Crippen molar-refractivity contribution in [2.75, 3.05) is 31.1 Å². The summed E-state index contributed by atoms with van der Waals surface area (Å²) in [7, 11) is 0. The number of piperazine rings is 1. The second kappa shape index (κ2) is 6.50.